The summed E-state index contributed by atoms with van der Waals surface area (Å²) in [6.45, 7) is 6.05. The van der Waals surface area contributed by atoms with Crippen LogP contribution in [0.1, 0.15) is 44.1 Å². The first-order chi connectivity index (χ1) is 15.8. The van der Waals surface area contributed by atoms with Crippen molar-refractivity contribution in [3.63, 3.8) is 0 Å². The van der Waals surface area contributed by atoms with Crippen molar-refractivity contribution in [2.24, 2.45) is 5.92 Å². The van der Waals surface area contributed by atoms with Crippen LogP contribution in [0, 0.1) is 18.7 Å². The largest absolute Gasteiger partial charge is 0.447 e. The molecule has 1 aliphatic carbocycles. The van der Waals surface area contributed by atoms with Crippen molar-refractivity contribution < 1.29 is 13.9 Å². The number of ether oxygens (including phenoxy) is 1. The number of anilines is 2. The fraction of sp³-hybridized carbons (Fsp3) is 0.375. The highest BCUT2D eigenvalue weighted by atomic mass is 19.1. The van der Waals surface area contributed by atoms with E-state index < -0.39 is 0 Å². The molecule has 1 aromatic carbocycles. The maximum Gasteiger partial charge on any atom is 0.416 e. The SMILES string of the molecule is Cc1cc(-c2cnc([C@@H](C)Nc3nccc(N4C(=O)OC[C@]4(C)C4CC4)n3)nc2)ccc1F. The highest BCUT2D eigenvalue weighted by molar-refractivity contribution is 5.90. The highest BCUT2D eigenvalue weighted by Gasteiger charge is 2.54. The van der Waals surface area contributed by atoms with Crippen LogP contribution in [0.15, 0.2) is 42.9 Å². The van der Waals surface area contributed by atoms with E-state index in [1.807, 2.05) is 13.8 Å². The Morgan fingerprint density at radius 3 is 2.64 bits per heavy atom. The molecule has 0 unspecified atom stereocenters. The molecule has 1 N–H and O–H groups in total. The summed E-state index contributed by atoms with van der Waals surface area (Å²) in [5.41, 5.74) is 1.85. The summed E-state index contributed by atoms with van der Waals surface area (Å²) in [4.78, 5) is 31.9. The summed E-state index contributed by atoms with van der Waals surface area (Å²) >= 11 is 0. The van der Waals surface area contributed by atoms with Crippen LogP contribution in [0.4, 0.5) is 21.0 Å². The number of cyclic esters (lactones) is 1. The number of amides is 1. The number of nitrogens with one attached hydrogen (secondary N) is 1. The zero-order valence-corrected chi connectivity index (χ0v) is 18.7. The molecule has 1 saturated heterocycles. The molecule has 1 aliphatic heterocycles. The second kappa shape index (κ2) is 8.06. The van der Waals surface area contributed by atoms with Crippen molar-refractivity contribution in [2.45, 2.75) is 45.2 Å². The molecule has 1 saturated carbocycles. The average Bonchev–Trinajstić information content (AvgIpc) is 3.62. The van der Waals surface area contributed by atoms with E-state index in [1.165, 1.54) is 6.07 Å². The Morgan fingerprint density at radius 1 is 1.18 bits per heavy atom. The fourth-order valence-corrected chi connectivity index (χ4v) is 4.24. The van der Waals surface area contributed by atoms with Crippen LogP contribution < -0.4 is 10.2 Å². The number of hydrogen-bond acceptors (Lipinski definition) is 7. The number of rotatable bonds is 6. The number of aromatic nitrogens is 4. The third kappa shape index (κ3) is 3.99. The van der Waals surface area contributed by atoms with Crippen LogP contribution in [0.5, 0.6) is 0 Å². The minimum Gasteiger partial charge on any atom is -0.447 e. The van der Waals surface area contributed by atoms with Crippen LogP contribution in [0.2, 0.25) is 0 Å². The van der Waals surface area contributed by atoms with Gasteiger partial charge in [0.15, 0.2) is 0 Å². The van der Waals surface area contributed by atoms with Gasteiger partial charge < -0.3 is 10.1 Å². The van der Waals surface area contributed by atoms with Gasteiger partial charge in [-0.3, -0.25) is 4.90 Å². The van der Waals surface area contributed by atoms with Crippen molar-refractivity contribution >= 4 is 17.9 Å². The van der Waals surface area contributed by atoms with Crippen LogP contribution in [-0.2, 0) is 4.74 Å². The Balaban J connectivity index is 1.32. The van der Waals surface area contributed by atoms with Crippen molar-refractivity contribution in [1.29, 1.82) is 0 Å². The minimum absolute atomic E-state index is 0.240. The Hall–Kier alpha value is -3.62. The quantitative estimate of drug-likeness (QED) is 0.585. The van der Waals surface area contributed by atoms with E-state index in [2.05, 4.69) is 25.3 Å². The van der Waals surface area contributed by atoms with Gasteiger partial charge in [-0.1, -0.05) is 6.07 Å². The number of carbonyl (C=O) groups is 1. The number of benzene rings is 1. The van der Waals surface area contributed by atoms with Gasteiger partial charge in [-0.05, 0) is 68.9 Å². The Bertz CT molecular complexity index is 1200. The lowest BCUT2D eigenvalue weighted by atomic mass is 9.96. The number of hydrogen-bond donors (Lipinski definition) is 1. The molecule has 9 heteroatoms. The highest BCUT2D eigenvalue weighted by Crippen LogP contribution is 2.47. The second-order valence-electron chi connectivity index (χ2n) is 8.92. The predicted molar refractivity (Wildman–Crippen MR) is 121 cm³/mol. The Morgan fingerprint density at radius 2 is 1.94 bits per heavy atom. The van der Waals surface area contributed by atoms with Gasteiger partial charge in [-0.15, -0.1) is 0 Å². The molecule has 2 aromatic heterocycles. The molecular weight excluding hydrogens is 423 g/mol. The van der Waals surface area contributed by atoms with Crippen molar-refractivity contribution in [3.8, 4) is 11.1 Å². The number of nitrogens with zero attached hydrogens (tertiary/aromatic N) is 5. The summed E-state index contributed by atoms with van der Waals surface area (Å²) in [5, 5.41) is 3.21. The molecule has 170 valence electrons. The summed E-state index contributed by atoms with van der Waals surface area (Å²) in [6, 6.07) is 6.37. The van der Waals surface area contributed by atoms with E-state index in [-0.39, 0.29) is 23.5 Å². The monoisotopic (exact) mass is 448 g/mol. The van der Waals surface area contributed by atoms with Crippen LogP contribution >= 0.6 is 0 Å². The van der Waals surface area contributed by atoms with Crippen molar-refractivity contribution in [2.75, 3.05) is 16.8 Å². The van der Waals surface area contributed by atoms with Crippen molar-refractivity contribution in [3.05, 3.63) is 60.1 Å². The lowest BCUT2D eigenvalue weighted by Gasteiger charge is -2.31. The van der Waals surface area contributed by atoms with Gasteiger partial charge in [0, 0.05) is 24.2 Å². The lowest BCUT2D eigenvalue weighted by Crippen LogP contribution is -2.47. The van der Waals surface area contributed by atoms with E-state index in [1.54, 1.807) is 48.6 Å². The van der Waals surface area contributed by atoms with Crippen LogP contribution in [-0.4, -0.2) is 38.2 Å². The summed E-state index contributed by atoms with van der Waals surface area (Å²) < 4.78 is 18.9. The van der Waals surface area contributed by atoms with Gasteiger partial charge >= 0.3 is 6.09 Å². The van der Waals surface area contributed by atoms with Gasteiger partial charge in [0.25, 0.3) is 0 Å². The zero-order valence-electron chi connectivity index (χ0n) is 18.7. The molecule has 0 bridgehead atoms. The molecule has 2 aliphatic rings. The predicted octanol–water partition coefficient (Wildman–Crippen LogP) is 4.68. The Kier molecular flexibility index (Phi) is 5.19. The number of halogens is 1. The van der Waals surface area contributed by atoms with Gasteiger partial charge in [0.1, 0.15) is 24.1 Å². The standard InChI is InChI=1S/C24H25FN6O2/c1-14-10-16(4-7-19(14)25)17-11-27-21(28-12-17)15(2)29-22-26-9-8-20(30-22)31-23(32)33-13-24(31,3)18-5-6-18/h4,7-12,15,18H,5-6,13H2,1-3H3,(H,26,29,30)/t15-,24-/m1/s1. The van der Waals surface area contributed by atoms with E-state index in [0.717, 1.165) is 24.0 Å². The van der Waals surface area contributed by atoms with Crippen LogP contribution in [0.3, 0.4) is 0 Å². The van der Waals surface area contributed by atoms with Gasteiger partial charge in [-0.2, -0.15) is 4.98 Å². The van der Waals surface area contributed by atoms with E-state index >= 15 is 0 Å². The zero-order chi connectivity index (χ0) is 23.2. The van der Waals surface area contributed by atoms with Crippen molar-refractivity contribution in [1.82, 2.24) is 19.9 Å². The summed E-state index contributed by atoms with van der Waals surface area (Å²) in [7, 11) is 0. The minimum atomic E-state index is -0.383. The first kappa shape index (κ1) is 21.2. The van der Waals surface area contributed by atoms with Crippen LogP contribution in [0.25, 0.3) is 11.1 Å². The maximum atomic E-state index is 13.5. The molecule has 3 heterocycles. The number of aryl methyl sites for hydroxylation is 1. The molecule has 1 amide bonds. The lowest BCUT2D eigenvalue weighted by molar-refractivity contribution is 0.172. The normalized spacial score (nSPS) is 21.1. The second-order valence-corrected chi connectivity index (χ2v) is 8.92. The first-order valence-electron chi connectivity index (χ1n) is 11.0. The fourth-order valence-electron chi connectivity index (χ4n) is 4.24. The summed E-state index contributed by atoms with van der Waals surface area (Å²) in [6.07, 6.45) is 6.84. The van der Waals surface area contributed by atoms with Gasteiger partial charge in [0.05, 0.1) is 11.6 Å². The van der Waals surface area contributed by atoms with E-state index in [9.17, 15) is 9.18 Å². The topological polar surface area (TPSA) is 93.1 Å². The van der Waals surface area contributed by atoms with Gasteiger partial charge in [-0.25, -0.2) is 24.1 Å². The molecule has 8 nitrogen and oxygen atoms in total. The molecular formula is C24H25FN6O2. The Labute approximate surface area is 191 Å². The molecule has 0 radical (unpaired) electrons. The molecule has 2 fully saturated rings. The third-order valence-corrected chi connectivity index (χ3v) is 6.40. The van der Waals surface area contributed by atoms with E-state index in [4.69, 9.17) is 4.74 Å². The number of carbonyl (C=O) groups excluding carboxylic acids is 1. The molecule has 5 rings (SSSR count). The van der Waals surface area contributed by atoms with E-state index in [0.29, 0.717) is 35.7 Å². The molecule has 33 heavy (non-hydrogen) atoms. The molecule has 3 aromatic rings. The average molecular weight is 449 g/mol. The van der Waals surface area contributed by atoms with Gasteiger partial charge in [0.2, 0.25) is 5.95 Å². The molecule has 0 spiro atoms. The first-order valence-corrected chi connectivity index (χ1v) is 11.0. The smallest absolute Gasteiger partial charge is 0.416 e. The summed E-state index contributed by atoms with van der Waals surface area (Å²) in [5.74, 6) is 1.64. The molecule has 2 atom stereocenters. The maximum absolute atomic E-state index is 13.5. The third-order valence-electron chi connectivity index (χ3n) is 6.40.